The lowest BCUT2D eigenvalue weighted by molar-refractivity contribution is -0.172. The number of nitrogens with zero attached hydrogens (tertiary/aromatic N) is 2. The third kappa shape index (κ3) is 3.58. The normalized spacial score (nSPS) is 21.4. The number of hydrogen-bond donors (Lipinski definition) is 3. The summed E-state index contributed by atoms with van der Waals surface area (Å²) in [5, 5.41) is 24.7. The zero-order valence-electron chi connectivity index (χ0n) is 20.7. The summed E-state index contributed by atoms with van der Waals surface area (Å²) in [6.45, 7) is 3.18. The molecule has 0 radical (unpaired) electrons. The van der Waals surface area contributed by atoms with E-state index >= 15 is 0 Å². The van der Waals surface area contributed by atoms with Crippen LogP contribution >= 0.6 is 11.6 Å². The molecule has 1 aromatic carbocycles. The number of fused-ring (bicyclic) bond motifs is 5. The van der Waals surface area contributed by atoms with Gasteiger partial charge in [0, 0.05) is 22.6 Å². The number of amides is 1. The molecular weight excluding hydrogens is 517 g/mol. The van der Waals surface area contributed by atoms with Crippen LogP contribution < -0.4 is 10.9 Å². The number of ether oxygens (including phenoxy) is 1. The Morgan fingerprint density at radius 1 is 1.32 bits per heavy atom. The first-order chi connectivity index (χ1) is 18.0. The molecular formula is C27H25ClFN3O6. The highest BCUT2D eigenvalue weighted by Crippen LogP contribution is 2.42. The molecule has 9 nitrogen and oxygen atoms in total. The van der Waals surface area contributed by atoms with Gasteiger partial charge in [-0.25, -0.2) is 14.2 Å². The van der Waals surface area contributed by atoms with Crippen LogP contribution in [0.3, 0.4) is 0 Å². The number of nitrogens with one attached hydrogen (secondary N) is 1. The molecule has 0 unspecified atom stereocenters. The number of cyclic esters (lactones) is 1. The van der Waals surface area contributed by atoms with Crippen LogP contribution in [0.2, 0.25) is 5.02 Å². The van der Waals surface area contributed by atoms with Crippen molar-refractivity contribution < 1.29 is 28.9 Å². The quantitative estimate of drug-likeness (QED) is 0.331. The largest absolute Gasteiger partial charge is 0.458 e. The number of aliphatic hydroxyl groups excluding tert-OH is 1. The molecule has 1 saturated carbocycles. The maximum atomic E-state index is 14.5. The summed E-state index contributed by atoms with van der Waals surface area (Å²) in [5.41, 5.74) is 0.117. The van der Waals surface area contributed by atoms with Crippen LogP contribution in [0.15, 0.2) is 23.0 Å². The highest BCUT2D eigenvalue weighted by Gasteiger charge is 2.45. The third-order valence-electron chi connectivity index (χ3n) is 7.90. The summed E-state index contributed by atoms with van der Waals surface area (Å²) in [6.07, 6.45) is 0.437. The molecule has 1 fully saturated rings. The third-order valence-corrected chi connectivity index (χ3v) is 8.19. The van der Waals surface area contributed by atoms with Gasteiger partial charge in [0.1, 0.15) is 18.5 Å². The molecule has 1 amide bonds. The van der Waals surface area contributed by atoms with Gasteiger partial charge in [0.2, 0.25) is 5.91 Å². The maximum Gasteiger partial charge on any atom is 0.343 e. The van der Waals surface area contributed by atoms with Crippen molar-refractivity contribution in [2.45, 2.75) is 64.0 Å². The van der Waals surface area contributed by atoms with Crippen LogP contribution in [-0.2, 0) is 33.1 Å². The smallest absolute Gasteiger partial charge is 0.343 e. The number of hydrogen-bond acceptors (Lipinski definition) is 7. The van der Waals surface area contributed by atoms with Gasteiger partial charge >= 0.3 is 5.97 Å². The van der Waals surface area contributed by atoms with E-state index in [1.165, 1.54) is 16.7 Å². The predicted octanol–water partition coefficient (Wildman–Crippen LogP) is 2.82. The van der Waals surface area contributed by atoms with E-state index < -0.39 is 41.0 Å². The number of esters is 1. The Hall–Kier alpha value is -3.34. The van der Waals surface area contributed by atoms with Crippen LogP contribution in [0.25, 0.3) is 22.3 Å². The van der Waals surface area contributed by atoms with Gasteiger partial charge in [-0.3, -0.25) is 9.59 Å². The Morgan fingerprint density at radius 2 is 2.05 bits per heavy atom. The molecule has 3 atom stereocenters. The first-order valence-electron chi connectivity index (χ1n) is 12.5. The molecule has 6 rings (SSSR count). The summed E-state index contributed by atoms with van der Waals surface area (Å²) in [4.78, 5) is 43.4. The lowest BCUT2D eigenvalue weighted by Gasteiger charge is -2.31. The topological polar surface area (TPSA) is 131 Å². The molecule has 2 aliphatic heterocycles. The Kier molecular flexibility index (Phi) is 5.64. The van der Waals surface area contributed by atoms with E-state index in [0.717, 1.165) is 12.8 Å². The van der Waals surface area contributed by atoms with Gasteiger partial charge in [0.05, 0.1) is 40.1 Å². The molecule has 198 valence electrons. The predicted molar refractivity (Wildman–Crippen MR) is 135 cm³/mol. The average molecular weight is 542 g/mol. The highest BCUT2D eigenvalue weighted by atomic mass is 35.5. The first kappa shape index (κ1) is 25.0. The minimum absolute atomic E-state index is 0.00107. The monoisotopic (exact) mass is 541 g/mol. The van der Waals surface area contributed by atoms with Crippen LogP contribution in [0.1, 0.15) is 61.4 Å². The number of carbonyl (C=O) groups is 2. The highest BCUT2D eigenvalue weighted by molar-refractivity contribution is 6.31. The fourth-order valence-electron chi connectivity index (χ4n) is 5.60. The number of rotatable bonds is 5. The summed E-state index contributed by atoms with van der Waals surface area (Å²) in [5.74, 6) is -2.09. The number of aromatic nitrogens is 2. The lowest BCUT2D eigenvalue weighted by Crippen LogP contribution is -2.44. The zero-order valence-corrected chi connectivity index (χ0v) is 21.4. The van der Waals surface area contributed by atoms with E-state index in [0.29, 0.717) is 27.9 Å². The van der Waals surface area contributed by atoms with E-state index in [9.17, 15) is 29.0 Å². The summed E-state index contributed by atoms with van der Waals surface area (Å²) >= 11 is 6.12. The summed E-state index contributed by atoms with van der Waals surface area (Å²) in [7, 11) is 0. The maximum absolute atomic E-state index is 14.5. The minimum Gasteiger partial charge on any atom is -0.458 e. The van der Waals surface area contributed by atoms with Gasteiger partial charge in [0.15, 0.2) is 5.60 Å². The fraction of sp³-hybridized carbons (Fsp3) is 0.407. The molecule has 3 aromatic rings. The number of pyridine rings is 2. The molecule has 2 aromatic heterocycles. The van der Waals surface area contributed by atoms with Crippen molar-refractivity contribution in [3.63, 3.8) is 0 Å². The van der Waals surface area contributed by atoms with Gasteiger partial charge in [0.25, 0.3) is 5.56 Å². The van der Waals surface area contributed by atoms with Gasteiger partial charge in [-0.05, 0) is 49.8 Å². The van der Waals surface area contributed by atoms with E-state index in [1.54, 1.807) is 19.9 Å². The van der Waals surface area contributed by atoms with Crippen LogP contribution in [0.4, 0.5) is 4.39 Å². The lowest BCUT2D eigenvalue weighted by atomic mass is 9.86. The fourth-order valence-corrected chi connectivity index (χ4v) is 5.76. The van der Waals surface area contributed by atoms with E-state index in [2.05, 4.69) is 10.3 Å². The Balaban J connectivity index is 1.56. The SMILES string of the molecule is CC[C@@]1(O)C(=O)OCc2c1cc1n(c2=O)Cc2c-1nc1cc(F)c(Cl)cc1c2[C@@H](C)NC(=O)[C@H](O)C1CC1. The Morgan fingerprint density at radius 3 is 2.74 bits per heavy atom. The molecule has 0 spiro atoms. The van der Waals surface area contributed by atoms with Crippen molar-refractivity contribution in [2.75, 3.05) is 0 Å². The van der Waals surface area contributed by atoms with Crippen molar-refractivity contribution in [1.82, 2.24) is 14.9 Å². The second-order valence-corrected chi connectivity index (χ2v) is 10.7. The van der Waals surface area contributed by atoms with Gasteiger partial charge in [-0.1, -0.05) is 18.5 Å². The van der Waals surface area contributed by atoms with E-state index in [-0.39, 0.29) is 47.2 Å². The standard InChI is InChI=1S/C27H25ClFN3O6/c1-3-27(37)16-7-20-22-14(9-32(20)25(35)15(16)10-38-26(27)36)21(11(2)30-24(34)23(33)12-4-5-12)13-6-17(28)18(29)8-19(13)31-22/h6-8,11-12,23,33,37H,3-5,9-10H2,1-2H3,(H,30,34)/t11-,23-,27+/m1/s1. The summed E-state index contributed by atoms with van der Waals surface area (Å²) < 4.78 is 21.1. The molecule has 3 N–H and O–H groups in total. The number of aliphatic hydroxyl groups is 2. The van der Waals surface area contributed by atoms with Crippen molar-refractivity contribution in [3.8, 4) is 11.4 Å². The minimum atomic E-state index is -1.98. The van der Waals surface area contributed by atoms with Crippen molar-refractivity contribution in [2.24, 2.45) is 5.92 Å². The number of halogens is 2. The molecule has 1 aliphatic carbocycles. The zero-order chi connectivity index (χ0) is 27.1. The first-order valence-corrected chi connectivity index (χ1v) is 12.9. The molecule has 3 aliphatic rings. The molecule has 0 saturated heterocycles. The van der Waals surface area contributed by atoms with Crippen LogP contribution in [0, 0.1) is 11.7 Å². The van der Waals surface area contributed by atoms with Crippen molar-refractivity contribution >= 4 is 34.4 Å². The Bertz CT molecular complexity index is 1620. The van der Waals surface area contributed by atoms with Crippen molar-refractivity contribution in [1.29, 1.82) is 0 Å². The molecule has 4 heterocycles. The van der Waals surface area contributed by atoms with E-state index in [1.807, 2.05) is 0 Å². The number of carbonyl (C=O) groups excluding carboxylic acids is 2. The average Bonchev–Trinajstić information content (AvgIpc) is 3.67. The van der Waals surface area contributed by atoms with E-state index in [4.69, 9.17) is 16.3 Å². The second kappa shape index (κ2) is 8.59. The molecule has 38 heavy (non-hydrogen) atoms. The molecule has 0 bridgehead atoms. The van der Waals surface area contributed by atoms with Gasteiger partial charge in [-0.15, -0.1) is 0 Å². The van der Waals surface area contributed by atoms with Gasteiger partial charge < -0.3 is 24.8 Å². The van der Waals surface area contributed by atoms with Crippen LogP contribution in [-0.4, -0.2) is 37.7 Å². The number of benzene rings is 1. The molecule has 11 heteroatoms. The van der Waals surface area contributed by atoms with Gasteiger partial charge in [-0.2, -0.15) is 0 Å². The second-order valence-electron chi connectivity index (χ2n) is 10.3. The van der Waals surface area contributed by atoms with Crippen LogP contribution in [0.5, 0.6) is 0 Å². The summed E-state index contributed by atoms with van der Waals surface area (Å²) in [6, 6.07) is 3.55. The van der Waals surface area contributed by atoms with Crippen molar-refractivity contribution in [3.05, 3.63) is 61.6 Å². The Labute approximate surface area is 221 Å².